The molecule has 0 saturated carbocycles. The fraction of sp³-hybridized carbons (Fsp3) is 0.312. The molecule has 2 aromatic rings. The van der Waals surface area contributed by atoms with Crippen molar-refractivity contribution in [1.82, 2.24) is 14.4 Å². The number of amides is 1. The van der Waals surface area contributed by atoms with Gasteiger partial charge in [0.15, 0.2) is 0 Å². The quantitative estimate of drug-likeness (QED) is 0.810. The van der Waals surface area contributed by atoms with E-state index in [9.17, 15) is 18.0 Å². The number of hydrogen-bond acceptors (Lipinski definition) is 6. The number of aromatic nitrogens is 1. The van der Waals surface area contributed by atoms with Crippen LogP contribution >= 0.6 is 0 Å². The van der Waals surface area contributed by atoms with E-state index in [1.54, 1.807) is 4.90 Å². The molecule has 1 aromatic carbocycles. The molecular weight excluding hydrogens is 362 g/mol. The summed E-state index contributed by atoms with van der Waals surface area (Å²) in [7, 11) is -3.53. The number of rotatable bonds is 5. The molecule has 0 spiro atoms. The first-order chi connectivity index (χ1) is 12.4. The summed E-state index contributed by atoms with van der Waals surface area (Å²) in [4.78, 5) is 24.9. The molecule has 138 valence electrons. The predicted octanol–water partition coefficient (Wildman–Crippen LogP) is 0.661. The first-order valence-corrected chi connectivity index (χ1v) is 9.47. The molecule has 0 atom stereocenters. The van der Waals surface area contributed by atoms with Gasteiger partial charge < -0.3 is 14.5 Å². The third kappa shape index (κ3) is 3.92. The van der Waals surface area contributed by atoms with Crippen LogP contribution in [0, 0.1) is 0 Å². The number of piperazine rings is 1. The van der Waals surface area contributed by atoms with Crippen LogP contribution < -0.4 is 0 Å². The molecule has 10 heteroatoms. The van der Waals surface area contributed by atoms with Crippen molar-refractivity contribution in [1.29, 1.82) is 0 Å². The van der Waals surface area contributed by atoms with E-state index < -0.39 is 16.0 Å². The number of aromatic carboxylic acids is 1. The molecule has 0 radical (unpaired) electrons. The lowest BCUT2D eigenvalue weighted by molar-refractivity contribution is 0.0684. The Morgan fingerprint density at radius 1 is 1.04 bits per heavy atom. The van der Waals surface area contributed by atoms with Crippen molar-refractivity contribution in [3.8, 4) is 0 Å². The Bertz CT molecular complexity index is 885. The van der Waals surface area contributed by atoms with Crippen molar-refractivity contribution in [2.24, 2.45) is 0 Å². The molecule has 2 heterocycles. The van der Waals surface area contributed by atoms with E-state index in [0.29, 0.717) is 11.3 Å². The van der Waals surface area contributed by atoms with Crippen LogP contribution in [-0.2, 0) is 15.8 Å². The fourth-order valence-electron chi connectivity index (χ4n) is 2.70. The van der Waals surface area contributed by atoms with Gasteiger partial charge in [-0.15, -0.1) is 0 Å². The van der Waals surface area contributed by atoms with Crippen molar-refractivity contribution in [2.75, 3.05) is 26.2 Å². The van der Waals surface area contributed by atoms with Gasteiger partial charge in [-0.05, 0) is 24.3 Å². The number of carbonyl (C=O) groups excluding carboxylic acids is 1. The minimum atomic E-state index is -3.53. The fourth-order valence-corrected chi connectivity index (χ4v) is 4.12. The Labute approximate surface area is 149 Å². The number of carbonyl (C=O) groups is 2. The normalized spacial score (nSPS) is 15.8. The van der Waals surface area contributed by atoms with Gasteiger partial charge in [0.25, 0.3) is 5.91 Å². The third-order valence-corrected chi connectivity index (χ3v) is 5.93. The third-order valence-electron chi connectivity index (χ3n) is 4.12. The van der Waals surface area contributed by atoms with Crippen LogP contribution in [0.4, 0.5) is 0 Å². The number of sulfonamides is 1. The van der Waals surface area contributed by atoms with Gasteiger partial charge in [-0.25, -0.2) is 13.2 Å². The van der Waals surface area contributed by atoms with E-state index in [4.69, 9.17) is 5.11 Å². The minimum Gasteiger partial charge on any atom is -0.478 e. The number of carboxylic acids is 1. The van der Waals surface area contributed by atoms with Crippen molar-refractivity contribution in [3.63, 3.8) is 0 Å². The van der Waals surface area contributed by atoms with E-state index in [1.807, 2.05) is 0 Å². The zero-order chi connectivity index (χ0) is 18.7. The molecule has 1 N–H and O–H groups in total. The Hall–Kier alpha value is -2.72. The van der Waals surface area contributed by atoms with Gasteiger partial charge in [0.2, 0.25) is 10.0 Å². The van der Waals surface area contributed by atoms with Gasteiger partial charge in [-0.2, -0.15) is 4.31 Å². The van der Waals surface area contributed by atoms with Gasteiger partial charge in [-0.1, -0.05) is 5.16 Å². The highest BCUT2D eigenvalue weighted by Gasteiger charge is 2.30. The molecule has 1 aromatic heterocycles. The topological polar surface area (TPSA) is 121 Å². The van der Waals surface area contributed by atoms with Crippen molar-refractivity contribution in [3.05, 3.63) is 53.4 Å². The molecule has 1 aliphatic rings. The van der Waals surface area contributed by atoms with Gasteiger partial charge in [0.05, 0.1) is 11.3 Å². The second-order valence-corrected chi connectivity index (χ2v) is 7.79. The second kappa shape index (κ2) is 7.26. The summed E-state index contributed by atoms with van der Waals surface area (Å²) in [5.74, 6) is -1.56. The maximum atomic E-state index is 12.5. The van der Waals surface area contributed by atoms with E-state index in [1.165, 1.54) is 40.9 Å². The Morgan fingerprint density at radius 3 is 2.19 bits per heavy atom. The summed E-state index contributed by atoms with van der Waals surface area (Å²) < 4.78 is 30.8. The van der Waals surface area contributed by atoms with E-state index in [-0.39, 0.29) is 43.4 Å². The average molecular weight is 379 g/mol. The highest BCUT2D eigenvalue weighted by Crippen LogP contribution is 2.15. The van der Waals surface area contributed by atoms with Gasteiger partial charge in [-0.3, -0.25) is 4.79 Å². The van der Waals surface area contributed by atoms with Crippen LogP contribution in [0.5, 0.6) is 0 Å². The molecule has 1 saturated heterocycles. The SMILES string of the molecule is O=C(O)c1ccc(C(=O)N2CCN(S(=O)(=O)Cc3ccon3)CC2)cc1. The van der Waals surface area contributed by atoms with Crippen LogP contribution in [0.3, 0.4) is 0 Å². The van der Waals surface area contributed by atoms with E-state index in [2.05, 4.69) is 9.68 Å². The highest BCUT2D eigenvalue weighted by atomic mass is 32.2. The number of benzene rings is 1. The Morgan fingerprint density at radius 2 is 1.65 bits per heavy atom. The standard InChI is InChI=1S/C16H17N3O6S/c20-15(12-1-3-13(4-2-12)16(21)22)18-6-8-19(9-7-18)26(23,24)11-14-5-10-25-17-14/h1-5,10H,6-9,11H2,(H,21,22). The number of nitrogens with zero attached hydrogens (tertiary/aromatic N) is 3. The number of carboxylic acid groups (broad SMARTS) is 1. The summed E-state index contributed by atoms with van der Waals surface area (Å²) in [6, 6.07) is 7.15. The summed E-state index contributed by atoms with van der Waals surface area (Å²) in [6.45, 7) is 0.910. The van der Waals surface area contributed by atoms with Crippen LogP contribution in [0.1, 0.15) is 26.4 Å². The van der Waals surface area contributed by atoms with Gasteiger partial charge in [0, 0.05) is 37.8 Å². The molecule has 26 heavy (non-hydrogen) atoms. The molecule has 3 rings (SSSR count). The predicted molar refractivity (Wildman–Crippen MR) is 90.0 cm³/mol. The second-order valence-electron chi connectivity index (χ2n) is 5.82. The van der Waals surface area contributed by atoms with Crippen LogP contribution in [0.25, 0.3) is 0 Å². The van der Waals surface area contributed by atoms with E-state index >= 15 is 0 Å². The molecule has 1 fully saturated rings. The molecule has 0 unspecified atom stereocenters. The lowest BCUT2D eigenvalue weighted by atomic mass is 10.1. The van der Waals surface area contributed by atoms with Crippen LogP contribution in [0.15, 0.2) is 41.1 Å². The maximum Gasteiger partial charge on any atom is 0.335 e. The molecular formula is C16H17N3O6S. The zero-order valence-corrected chi connectivity index (χ0v) is 14.6. The molecule has 1 amide bonds. The molecule has 0 aliphatic carbocycles. The smallest absolute Gasteiger partial charge is 0.335 e. The summed E-state index contributed by atoms with van der Waals surface area (Å²) in [5.41, 5.74) is 0.807. The van der Waals surface area contributed by atoms with Gasteiger partial charge in [0.1, 0.15) is 12.0 Å². The Kier molecular flexibility index (Phi) is 5.05. The lowest BCUT2D eigenvalue weighted by Crippen LogP contribution is -2.50. The van der Waals surface area contributed by atoms with E-state index in [0.717, 1.165) is 0 Å². The monoisotopic (exact) mass is 379 g/mol. The summed E-state index contributed by atoms with van der Waals surface area (Å²) in [6.07, 6.45) is 1.32. The van der Waals surface area contributed by atoms with Crippen LogP contribution in [0.2, 0.25) is 0 Å². The molecule has 0 bridgehead atoms. The summed E-state index contributed by atoms with van der Waals surface area (Å²) >= 11 is 0. The van der Waals surface area contributed by atoms with Gasteiger partial charge >= 0.3 is 5.97 Å². The maximum absolute atomic E-state index is 12.5. The van der Waals surface area contributed by atoms with Crippen molar-refractivity contribution >= 4 is 21.9 Å². The minimum absolute atomic E-state index is 0.102. The van der Waals surface area contributed by atoms with Crippen LogP contribution in [-0.4, -0.2) is 65.9 Å². The highest BCUT2D eigenvalue weighted by molar-refractivity contribution is 7.88. The molecule has 9 nitrogen and oxygen atoms in total. The Balaban J connectivity index is 1.60. The number of hydrogen-bond donors (Lipinski definition) is 1. The largest absolute Gasteiger partial charge is 0.478 e. The first kappa shape index (κ1) is 18.1. The molecule has 1 aliphatic heterocycles. The summed E-state index contributed by atoms with van der Waals surface area (Å²) in [5, 5.41) is 12.5. The first-order valence-electron chi connectivity index (χ1n) is 7.86. The van der Waals surface area contributed by atoms with Crippen molar-refractivity contribution < 1.29 is 27.6 Å². The lowest BCUT2D eigenvalue weighted by Gasteiger charge is -2.34. The zero-order valence-electron chi connectivity index (χ0n) is 13.7. The van der Waals surface area contributed by atoms with Crippen molar-refractivity contribution in [2.45, 2.75) is 5.75 Å². The average Bonchev–Trinajstić information content (AvgIpc) is 3.13.